The molecule has 0 saturated heterocycles. The number of rotatable bonds is 8. The van der Waals surface area contributed by atoms with Gasteiger partial charge in [0.25, 0.3) is 5.56 Å². The summed E-state index contributed by atoms with van der Waals surface area (Å²) < 4.78 is 2.82. The summed E-state index contributed by atoms with van der Waals surface area (Å²) in [7, 11) is 0. The van der Waals surface area contributed by atoms with Crippen molar-refractivity contribution in [1.82, 2.24) is 9.13 Å². The van der Waals surface area contributed by atoms with Crippen molar-refractivity contribution in [2.45, 2.75) is 65.5 Å². The van der Waals surface area contributed by atoms with E-state index in [-0.39, 0.29) is 17.1 Å². The Kier molecular flexibility index (Phi) is 6.39. The van der Waals surface area contributed by atoms with Crippen molar-refractivity contribution in [2.75, 3.05) is 5.73 Å². The van der Waals surface area contributed by atoms with Gasteiger partial charge in [-0.3, -0.25) is 13.9 Å². The number of nitrogens with zero attached hydrogens (tertiary/aromatic N) is 2. The Morgan fingerprint density at radius 1 is 0.947 bits per heavy atom. The first-order valence-electron chi connectivity index (χ1n) is 7.22. The van der Waals surface area contributed by atoms with Crippen molar-refractivity contribution in [2.24, 2.45) is 0 Å². The molecule has 0 fully saturated rings. The van der Waals surface area contributed by atoms with Crippen LogP contribution in [0.2, 0.25) is 0 Å². The Morgan fingerprint density at radius 3 is 2.00 bits per heavy atom. The van der Waals surface area contributed by atoms with Gasteiger partial charge in [-0.25, -0.2) is 4.79 Å². The molecule has 0 amide bonds. The predicted octanol–water partition coefficient (Wildman–Crippen LogP) is 1.97. The monoisotopic (exact) mass is 267 g/mol. The van der Waals surface area contributed by atoms with Gasteiger partial charge in [0.2, 0.25) is 0 Å². The van der Waals surface area contributed by atoms with Gasteiger partial charge < -0.3 is 5.73 Å². The lowest BCUT2D eigenvalue weighted by molar-refractivity contribution is 0.509. The molecule has 108 valence electrons. The van der Waals surface area contributed by atoms with Gasteiger partial charge in [0, 0.05) is 19.2 Å². The second-order valence-electron chi connectivity index (χ2n) is 4.91. The van der Waals surface area contributed by atoms with Crippen molar-refractivity contribution >= 4 is 5.82 Å². The minimum Gasteiger partial charge on any atom is -0.385 e. The third kappa shape index (κ3) is 4.26. The van der Waals surface area contributed by atoms with Gasteiger partial charge in [-0.15, -0.1) is 0 Å². The van der Waals surface area contributed by atoms with Gasteiger partial charge in [0.15, 0.2) is 0 Å². The molecule has 0 aliphatic carbocycles. The number of anilines is 1. The Hall–Kier alpha value is -1.52. The van der Waals surface area contributed by atoms with E-state index in [0.29, 0.717) is 13.1 Å². The van der Waals surface area contributed by atoms with Crippen molar-refractivity contribution < 1.29 is 0 Å². The molecular formula is C14H25N3O2. The van der Waals surface area contributed by atoms with Crippen LogP contribution in [0.1, 0.15) is 52.4 Å². The number of hydrogen-bond donors (Lipinski definition) is 1. The normalized spacial score (nSPS) is 10.8. The lowest BCUT2D eigenvalue weighted by atomic mass is 10.2. The summed E-state index contributed by atoms with van der Waals surface area (Å²) in [5.74, 6) is 0.276. The number of unbranched alkanes of at least 4 members (excludes halogenated alkanes) is 4. The van der Waals surface area contributed by atoms with E-state index in [2.05, 4.69) is 13.8 Å². The Morgan fingerprint density at radius 2 is 1.47 bits per heavy atom. The minimum absolute atomic E-state index is 0.266. The number of aromatic nitrogens is 2. The lowest BCUT2D eigenvalue weighted by Crippen LogP contribution is -2.40. The van der Waals surface area contributed by atoms with Crippen molar-refractivity contribution in [3.05, 3.63) is 26.9 Å². The molecule has 0 aromatic carbocycles. The van der Waals surface area contributed by atoms with Gasteiger partial charge in [-0.1, -0.05) is 39.5 Å². The minimum atomic E-state index is -0.287. The van der Waals surface area contributed by atoms with Crippen LogP contribution in [-0.2, 0) is 13.1 Å². The lowest BCUT2D eigenvalue weighted by Gasteiger charge is -2.12. The van der Waals surface area contributed by atoms with Crippen molar-refractivity contribution in [3.63, 3.8) is 0 Å². The Bertz CT molecular complexity index is 502. The maximum atomic E-state index is 12.2. The highest BCUT2D eigenvalue weighted by molar-refractivity contribution is 5.26. The summed E-state index contributed by atoms with van der Waals surface area (Å²) in [6, 6.07) is 1.36. The topological polar surface area (TPSA) is 70.0 Å². The molecule has 0 atom stereocenters. The number of hydrogen-bond acceptors (Lipinski definition) is 3. The van der Waals surface area contributed by atoms with Crippen LogP contribution in [0.4, 0.5) is 5.82 Å². The van der Waals surface area contributed by atoms with E-state index in [4.69, 9.17) is 5.73 Å². The summed E-state index contributed by atoms with van der Waals surface area (Å²) in [6.07, 6.45) is 5.99. The van der Waals surface area contributed by atoms with Crippen LogP contribution in [0.5, 0.6) is 0 Å². The second-order valence-corrected chi connectivity index (χ2v) is 4.91. The third-order valence-electron chi connectivity index (χ3n) is 3.28. The van der Waals surface area contributed by atoms with Crippen LogP contribution >= 0.6 is 0 Å². The number of nitrogen functional groups attached to an aromatic ring is 1. The average Bonchev–Trinajstić information content (AvgIpc) is 2.37. The van der Waals surface area contributed by atoms with E-state index in [0.717, 1.165) is 38.5 Å². The largest absolute Gasteiger partial charge is 0.385 e. The van der Waals surface area contributed by atoms with Gasteiger partial charge in [0.05, 0.1) is 0 Å². The molecule has 0 spiro atoms. The molecular weight excluding hydrogens is 242 g/mol. The summed E-state index contributed by atoms with van der Waals surface area (Å²) in [5, 5.41) is 0. The van der Waals surface area contributed by atoms with E-state index in [1.54, 1.807) is 0 Å². The summed E-state index contributed by atoms with van der Waals surface area (Å²) in [5.41, 5.74) is 5.22. The first kappa shape index (κ1) is 15.5. The fourth-order valence-electron chi connectivity index (χ4n) is 2.10. The van der Waals surface area contributed by atoms with Crippen LogP contribution in [0.25, 0.3) is 0 Å². The highest BCUT2D eigenvalue weighted by Crippen LogP contribution is 2.01. The number of nitrogens with two attached hydrogens (primary N) is 1. The van der Waals surface area contributed by atoms with Crippen molar-refractivity contribution in [3.8, 4) is 0 Å². The zero-order chi connectivity index (χ0) is 14.3. The summed E-state index contributed by atoms with van der Waals surface area (Å²) in [6.45, 7) is 5.28. The molecule has 0 unspecified atom stereocenters. The van der Waals surface area contributed by atoms with Crippen LogP contribution in [-0.4, -0.2) is 9.13 Å². The molecule has 1 heterocycles. The molecule has 1 rings (SSSR count). The molecule has 5 nitrogen and oxygen atoms in total. The zero-order valence-corrected chi connectivity index (χ0v) is 12.0. The third-order valence-corrected chi connectivity index (χ3v) is 3.28. The molecule has 0 saturated carbocycles. The van der Waals surface area contributed by atoms with E-state index in [1.165, 1.54) is 15.2 Å². The van der Waals surface area contributed by atoms with E-state index >= 15 is 0 Å². The molecule has 5 heteroatoms. The average molecular weight is 267 g/mol. The van der Waals surface area contributed by atoms with Crippen LogP contribution in [0, 0.1) is 0 Å². The maximum Gasteiger partial charge on any atom is 0.332 e. The SMILES string of the molecule is CCCCCn1c(N)cc(=O)n(CCCCC)c1=O. The zero-order valence-electron chi connectivity index (χ0n) is 12.0. The molecule has 1 aromatic heterocycles. The molecule has 2 N–H and O–H groups in total. The first-order chi connectivity index (χ1) is 9.11. The van der Waals surface area contributed by atoms with E-state index < -0.39 is 0 Å². The fraction of sp³-hybridized carbons (Fsp3) is 0.714. The standard InChI is InChI=1S/C14H25N3O2/c1-3-5-7-9-16-12(15)11-13(18)17(14(16)19)10-8-6-4-2/h11H,3-10,15H2,1-2H3. The fourth-order valence-corrected chi connectivity index (χ4v) is 2.10. The highest BCUT2D eigenvalue weighted by Gasteiger charge is 2.08. The van der Waals surface area contributed by atoms with Gasteiger partial charge >= 0.3 is 5.69 Å². The van der Waals surface area contributed by atoms with Gasteiger partial charge in [-0.2, -0.15) is 0 Å². The van der Waals surface area contributed by atoms with Gasteiger partial charge in [-0.05, 0) is 12.8 Å². The Labute approximate surface area is 114 Å². The molecule has 0 aliphatic rings. The molecule has 1 aromatic rings. The summed E-state index contributed by atoms with van der Waals surface area (Å²) >= 11 is 0. The van der Waals surface area contributed by atoms with Crippen molar-refractivity contribution in [1.29, 1.82) is 0 Å². The second kappa shape index (κ2) is 7.81. The molecule has 0 radical (unpaired) electrons. The molecule has 0 aliphatic heterocycles. The van der Waals surface area contributed by atoms with E-state index in [9.17, 15) is 9.59 Å². The van der Waals surface area contributed by atoms with E-state index in [1.807, 2.05) is 0 Å². The van der Waals surface area contributed by atoms with Crippen LogP contribution in [0.3, 0.4) is 0 Å². The quantitative estimate of drug-likeness (QED) is 0.732. The predicted molar refractivity (Wildman–Crippen MR) is 78.4 cm³/mol. The summed E-state index contributed by atoms with van der Waals surface area (Å²) in [4.78, 5) is 24.1. The first-order valence-corrected chi connectivity index (χ1v) is 7.22. The highest BCUT2D eigenvalue weighted by atomic mass is 16.2. The van der Waals surface area contributed by atoms with Gasteiger partial charge in [0.1, 0.15) is 5.82 Å². The smallest absolute Gasteiger partial charge is 0.332 e. The molecule has 19 heavy (non-hydrogen) atoms. The maximum absolute atomic E-state index is 12.2. The Balaban J connectivity index is 2.95. The molecule has 0 bridgehead atoms. The van der Waals surface area contributed by atoms with Crippen LogP contribution < -0.4 is 17.0 Å². The van der Waals surface area contributed by atoms with Crippen LogP contribution in [0.15, 0.2) is 15.7 Å².